The van der Waals surface area contributed by atoms with Crippen LogP contribution in [0.25, 0.3) is 17.4 Å². The first-order chi connectivity index (χ1) is 14.3. The zero-order valence-electron chi connectivity index (χ0n) is 15.5. The van der Waals surface area contributed by atoms with Gasteiger partial charge >= 0.3 is 0 Å². The number of carbonyl (C=O) groups is 1. The fourth-order valence-corrected chi connectivity index (χ4v) is 2.92. The third-order valence-corrected chi connectivity index (χ3v) is 4.86. The number of aryl methyl sites for hydroxylation is 1. The minimum absolute atomic E-state index is 0.00933. The molecule has 0 spiro atoms. The standard InChI is InChI=1S/C21H13Cl2N3O4/c1-12-2-4-15(10-18(12)23)25-21(27)14(11-24)8-16-5-7-20(30-16)13-3-6-17(22)19(9-13)26(28)29/h2-10H,1H3,(H,25,27)/b14-8+. The SMILES string of the molecule is Cc1ccc(NC(=O)/C(C#N)=C/c2ccc(-c3ccc(Cl)c([N+](=O)[O-])c3)o2)cc1Cl. The first kappa shape index (κ1) is 21.1. The maximum absolute atomic E-state index is 12.4. The van der Waals surface area contributed by atoms with Crippen LogP contribution < -0.4 is 5.32 Å². The Labute approximate surface area is 181 Å². The minimum Gasteiger partial charge on any atom is -0.457 e. The monoisotopic (exact) mass is 441 g/mol. The number of nitriles is 1. The summed E-state index contributed by atoms with van der Waals surface area (Å²) in [5.74, 6) is -0.0715. The van der Waals surface area contributed by atoms with Crippen molar-refractivity contribution in [1.29, 1.82) is 5.26 Å². The Balaban J connectivity index is 1.84. The number of hydrogen-bond acceptors (Lipinski definition) is 5. The van der Waals surface area contributed by atoms with Gasteiger partial charge in [0.25, 0.3) is 11.6 Å². The molecule has 9 heteroatoms. The van der Waals surface area contributed by atoms with Crippen LogP contribution in [0.5, 0.6) is 0 Å². The van der Waals surface area contributed by atoms with Gasteiger partial charge in [0.2, 0.25) is 0 Å². The Morgan fingerprint density at radius 3 is 2.60 bits per heavy atom. The van der Waals surface area contributed by atoms with E-state index in [0.717, 1.165) is 5.56 Å². The largest absolute Gasteiger partial charge is 0.457 e. The Bertz CT molecular complexity index is 1230. The van der Waals surface area contributed by atoms with Gasteiger partial charge in [-0.05, 0) is 48.9 Å². The second-order valence-electron chi connectivity index (χ2n) is 6.21. The topological polar surface area (TPSA) is 109 Å². The highest BCUT2D eigenvalue weighted by Gasteiger charge is 2.16. The molecule has 3 aromatic rings. The molecular weight excluding hydrogens is 429 g/mol. The maximum atomic E-state index is 12.4. The quantitative estimate of drug-likeness (QED) is 0.225. The molecule has 3 rings (SSSR count). The number of halogens is 2. The van der Waals surface area contributed by atoms with Crippen molar-refractivity contribution < 1.29 is 14.1 Å². The number of carbonyl (C=O) groups excluding carboxylic acids is 1. The van der Waals surface area contributed by atoms with Crippen molar-refractivity contribution in [2.24, 2.45) is 0 Å². The van der Waals surface area contributed by atoms with E-state index in [4.69, 9.17) is 27.6 Å². The van der Waals surface area contributed by atoms with Crippen molar-refractivity contribution in [3.63, 3.8) is 0 Å². The van der Waals surface area contributed by atoms with Gasteiger partial charge in [0.1, 0.15) is 28.2 Å². The first-order valence-corrected chi connectivity index (χ1v) is 9.27. The van der Waals surface area contributed by atoms with E-state index in [0.29, 0.717) is 22.0 Å². The predicted molar refractivity (Wildman–Crippen MR) is 114 cm³/mol. The van der Waals surface area contributed by atoms with Crippen molar-refractivity contribution >= 4 is 46.6 Å². The lowest BCUT2D eigenvalue weighted by atomic mass is 10.1. The van der Waals surface area contributed by atoms with Crippen molar-refractivity contribution in [3.05, 3.63) is 85.6 Å². The van der Waals surface area contributed by atoms with E-state index < -0.39 is 10.8 Å². The van der Waals surface area contributed by atoms with Gasteiger partial charge in [0, 0.05) is 28.4 Å². The molecule has 0 atom stereocenters. The summed E-state index contributed by atoms with van der Waals surface area (Å²) in [6.45, 7) is 1.83. The number of benzene rings is 2. The van der Waals surface area contributed by atoms with E-state index in [1.165, 1.54) is 18.2 Å². The molecule has 1 aromatic heterocycles. The Hall–Kier alpha value is -3.60. The summed E-state index contributed by atoms with van der Waals surface area (Å²) in [6, 6.07) is 14.2. The lowest BCUT2D eigenvalue weighted by Gasteiger charge is -2.06. The molecule has 0 aliphatic heterocycles. The second-order valence-corrected chi connectivity index (χ2v) is 7.03. The van der Waals surface area contributed by atoms with Crippen LogP contribution in [0.1, 0.15) is 11.3 Å². The van der Waals surface area contributed by atoms with Crippen LogP contribution in [0.4, 0.5) is 11.4 Å². The zero-order valence-corrected chi connectivity index (χ0v) is 17.0. The molecule has 0 fully saturated rings. The molecule has 1 amide bonds. The molecule has 150 valence electrons. The number of furan rings is 1. The number of amides is 1. The van der Waals surface area contributed by atoms with E-state index in [1.807, 2.05) is 13.0 Å². The van der Waals surface area contributed by atoms with Crippen LogP contribution in [0.3, 0.4) is 0 Å². The summed E-state index contributed by atoms with van der Waals surface area (Å²) in [6.07, 6.45) is 1.28. The third kappa shape index (κ3) is 4.69. The third-order valence-electron chi connectivity index (χ3n) is 4.14. The van der Waals surface area contributed by atoms with Crippen LogP contribution in [0, 0.1) is 28.4 Å². The number of nitro groups is 1. The average Bonchev–Trinajstić information content (AvgIpc) is 3.17. The smallest absolute Gasteiger partial charge is 0.288 e. The highest BCUT2D eigenvalue weighted by molar-refractivity contribution is 6.32. The summed E-state index contributed by atoms with van der Waals surface area (Å²) in [5.41, 5.74) is 1.30. The van der Waals surface area contributed by atoms with Gasteiger partial charge < -0.3 is 9.73 Å². The predicted octanol–water partition coefficient (Wildman–Crippen LogP) is 6.02. The minimum atomic E-state index is -0.627. The summed E-state index contributed by atoms with van der Waals surface area (Å²) in [5, 5.41) is 23.5. The molecule has 0 radical (unpaired) electrons. The average molecular weight is 442 g/mol. The number of nitro benzene ring substituents is 1. The molecule has 7 nitrogen and oxygen atoms in total. The number of anilines is 1. The molecular formula is C21H13Cl2N3O4. The van der Waals surface area contributed by atoms with Crippen molar-refractivity contribution in [2.75, 3.05) is 5.32 Å². The summed E-state index contributed by atoms with van der Waals surface area (Å²) >= 11 is 11.9. The highest BCUT2D eigenvalue weighted by atomic mass is 35.5. The molecule has 0 saturated heterocycles. The van der Waals surface area contributed by atoms with Gasteiger partial charge in [0.15, 0.2) is 0 Å². The van der Waals surface area contributed by atoms with E-state index in [9.17, 15) is 20.2 Å². The van der Waals surface area contributed by atoms with Crippen molar-refractivity contribution in [2.45, 2.75) is 6.92 Å². The molecule has 2 aromatic carbocycles. The van der Waals surface area contributed by atoms with Crippen LogP contribution in [-0.4, -0.2) is 10.8 Å². The Morgan fingerprint density at radius 1 is 1.17 bits per heavy atom. The van der Waals surface area contributed by atoms with Gasteiger partial charge in [-0.15, -0.1) is 0 Å². The van der Waals surface area contributed by atoms with Crippen LogP contribution >= 0.6 is 23.2 Å². The Morgan fingerprint density at radius 2 is 1.93 bits per heavy atom. The van der Waals surface area contributed by atoms with Crippen LogP contribution in [0.15, 0.2) is 58.5 Å². The first-order valence-electron chi connectivity index (χ1n) is 8.52. The number of hydrogen-bond donors (Lipinski definition) is 1. The summed E-state index contributed by atoms with van der Waals surface area (Å²) in [4.78, 5) is 22.9. The Kier molecular flexibility index (Phi) is 6.21. The number of nitrogens with one attached hydrogen (secondary N) is 1. The van der Waals surface area contributed by atoms with Gasteiger partial charge in [-0.1, -0.05) is 29.3 Å². The maximum Gasteiger partial charge on any atom is 0.288 e. The summed E-state index contributed by atoms with van der Waals surface area (Å²) < 4.78 is 5.62. The van der Waals surface area contributed by atoms with Gasteiger partial charge in [-0.3, -0.25) is 14.9 Å². The molecule has 0 aliphatic rings. The van der Waals surface area contributed by atoms with E-state index >= 15 is 0 Å². The fourth-order valence-electron chi connectivity index (χ4n) is 2.55. The second kappa shape index (κ2) is 8.82. The zero-order chi connectivity index (χ0) is 21.8. The lowest BCUT2D eigenvalue weighted by Crippen LogP contribution is -2.13. The molecule has 0 bridgehead atoms. The fraction of sp³-hybridized carbons (Fsp3) is 0.0476. The van der Waals surface area contributed by atoms with Crippen LogP contribution in [0.2, 0.25) is 10.0 Å². The highest BCUT2D eigenvalue weighted by Crippen LogP contribution is 2.31. The van der Waals surface area contributed by atoms with E-state index in [-0.39, 0.29) is 22.0 Å². The molecule has 0 saturated carbocycles. The van der Waals surface area contributed by atoms with Crippen molar-refractivity contribution in [1.82, 2.24) is 0 Å². The molecule has 1 heterocycles. The molecule has 0 unspecified atom stereocenters. The van der Waals surface area contributed by atoms with Gasteiger partial charge in [0.05, 0.1) is 4.92 Å². The van der Waals surface area contributed by atoms with Gasteiger partial charge in [-0.2, -0.15) is 5.26 Å². The number of rotatable bonds is 5. The number of nitrogens with zero attached hydrogens (tertiary/aromatic N) is 2. The normalized spacial score (nSPS) is 11.1. The van der Waals surface area contributed by atoms with E-state index in [2.05, 4.69) is 5.32 Å². The van der Waals surface area contributed by atoms with Crippen molar-refractivity contribution in [3.8, 4) is 17.4 Å². The summed E-state index contributed by atoms with van der Waals surface area (Å²) in [7, 11) is 0. The van der Waals surface area contributed by atoms with E-state index in [1.54, 1.807) is 36.4 Å². The van der Waals surface area contributed by atoms with Gasteiger partial charge in [-0.25, -0.2) is 0 Å². The molecule has 1 N–H and O–H groups in total. The molecule has 30 heavy (non-hydrogen) atoms. The lowest BCUT2D eigenvalue weighted by molar-refractivity contribution is -0.384. The molecule has 0 aliphatic carbocycles. The van der Waals surface area contributed by atoms with Crippen LogP contribution in [-0.2, 0) is 4.79 Å².